The van der Waals surface area contributed by atoms with Crippen LogP contribution >= 0.6 is 11.6 Å². The second-order valence-corrected chi connectivity index (χ2v) is 6.25. The molecular formula is C22H16ClNO3. The van der Waals surface area contributed by atoms with Gasteiger partial charge in [0.2, 0.25) is 5.91 Å². The van der Waals surface area contributed by atoms with Gasteiger partial charge in [0.15, 0.2) is 0 Å². The summed E-state index contributed by atoms with van der Waals surface area (Å²) >= 11 is 6.03. The summed E-state index contributed by atoms with van der Waals surface area (Å²) in [7, 11) is 0. The molecule has 0 bridgehead atoms. The van der Waals surface area contributed by atoms with Crippen molar-refractivity contribution in [2.24, 2.45) is 0 Å². The summed E-state index contributed by atoms with van der Waals surface area (Å²) in [5, 5.41) is 12.6. The van der Waals surface area contributed by atoms with Gasteiger partial charge in [-0.05, 0) is 47.0 Å². The molecule has 0 aliphatic carbocycles. The van der Waals surface area contributed by atoms with E-state index in [-0.39, 0.29) is 11.3 Å². The van der Waals surface area contributed by atoms with Gasteiger partial charge in [-0.15, -0.1) is 0 Å². The van der Waals surface area contributed by atoms with Crippen LogP contribution in [0.1, 0.15) is 15.9 Å². The molecule has 3 rings (SSSR count). The smallest absolute Gasteiger partial charge is 0.337 e. The number of carboxylic acids is 1. The van der Waals surface area contributed by atoms with Gasteiger partial charge in [-0.2, -0.15) is 0 Å². The van der Waals surface area contributed by atoms with Crippen LogP contribution in [0.3, 0.4) is 0 Å². The molecule has 2 N–H and O–H groups in total. The summed E-state index contributed by atoms with van der Waals surface area (Å²) in [6, 6.07) is 21.3. The van der Waals surface area contributed by atoms with E-state index >= 15 is 0 Å². The van der Waals surface area contributed by atoms with Crippen LogP contribution in [0.5, 0.6) is 0 Å². The van der Waals surface area contributed by atoms with Gasteiger partial charge in [-0.1, -0.05) is 60.1 Å². The first-order valence-corrected chi connectivity index (χ1v) is 8.58. The van der Waals surface area contributed by atoms with E-state index in [1.165, 1.54) is 12.1 Å². The Labute approximate surface area is 161 Å². The number of carbonyl (C=O) groups is 2. The Bertz CT molecular complexity index is 1010. The van der Waals surface area contributed by atoms with Gasteiger partial charge in [-0.3, -0.25) is 4.79 Å². The number of nitrogens with one attached hydrogen (secondary N) is 1. The van der Waals surface area contributed by atoms with Crippen LogP contribution in [0.15, 0.2) is 78.9 Å². The molecule has 0 aliphatic heterocycles. The average molecular weight is 378 g/mol. The lowest BCUT2D eigenvalue weighted by molar-refractivity contribution is -0.111. The van der Waals surface area contributed by atoms with Gasteiger partial charge < -0.3 is 10.4 Å². The van der Waals surface area contributed by atoms with Crippen LogP contribution in [-0.4, -0.2) is 17.0 Å². The summed E-state index contributed by atoms with van der Waals surface area (Å²) in [4.78, 5) is 23.7. The van der Waals surface area contributed by atoms with Crippen molar-refractivity contribution in [1.82, 2.24) is 0 Å². The summed E-state index contributed by atoms with van der Waals surface area (Å²) < 4.78 is 0. The molecule has 1 amide bonds. The summed E-state index contributed by atoms with van der Waals surface area (Å²) in [5.41, 5.74) is 2.70. The first-order chi connectivity index (χ1) is 13.0. The van der Waals surface area contributed by atoms with Crippen LogP contribution in [0, 0.1) is 0 Å². The Hall–Kier alpha value is -3.37. The number of halogens is 1. The molecule has 0 heterocycles. The molecule has 0 unspecified atom stereocenters. The number of aromatic carboxylic acids is 1. The number of carboxylic acid groups (broad SMARTS) is 1. The highest BCUT2D eigenvalue weighted by atomic mass is 35.5. The monoisotopic (exact) mass is 377 g/mol. The predicted molar refractivity (Wildman–Crippen MR) is 108 cm³/mol. The minimum Gasteiger partial charge on any atom is -0.478 e. The molecule has 0 atom stereocenters. The summed E-state index contributed by atoms with van der Waals surface area (Å²) in [6.45, 7) is 0. The van der Waals surface area contributed by atoms with Crippen LogP contribution in [-0.2, 0) is 4.79 Å². The number of rotatable bonds is 5. The average Bonchev–Trinajstić information content (AvgIpc) is 2.67. The molecule has 3 aromatic carbocycles. The highest BCUT2D eigenvalue weighted by Crippen LogP contribution is 2.27. The molecule has 134 valence electrons. The van der Waals surface area contributed by atoms with Crippen LogP contribution < -0.4 is 5.32 Å². The molecule has 4 nitrogen and oxygen atoms in total. The zero-order valence-corrected chi connectivity index (χ0v) is 15.0. The molecule has 0 aliphatic rings. The molecule has 0 fully saturated rings. The number of anilines is 1. The van der Waals surface area contributed by atoms with Crippen LogP contribution in [0.2, 0.25) is 5.02 Å². The standard InChI is InChI=1S/C22H16ClNO3/c23-18-8-4-7-16(13-18)17-10-11-19(22(26)27)20(14-17)24-21(25)12-9-15-5-2-1-3-6-15/h1-14H,(H,24,25)(H,26,27)/b12-9+. The van der Waals surface area contributed by atoms with Crippen molar-refractivity contribution in [3.05, 3.63) is 95.0 Å². The highest BCUT2D eigenvalue weighted by Gasteiger charge is 2.13. The molecule has 0 spiro atoms. The van der Waals surface area contributed by atoms with E-state index in [2.05, 4.69) is 5.32 Å². The lowest BCUT2D eigenvalue weighted by Crippen LogP contribution is -2.12. The van der Waals surface area contributed by atoms with E-state index in [1.54, 1.807) is 30.3 Å². The molecular weight excluding hydrogens is 362 g/mol. The number of hydrogen-bond donors (Lipinski definition) is 2. The Balaban J connectivity index is 1.88. The Morgan fingerprint density at radius 3 is 2.33 bits per heavy atom. The van der Waals surface area contributed by atoms with Crippen molar-refractivity contribution in [2.75, 3.05) is 5.32 Å². The van der Waals surface area contributed by atoms with Gasteiger partial charge >= 0.3 is 5.97 Å². The lowest BCUT2D eigenvalue weighted by atomic mass is 10.0. The minimum absolute atomic E-state index is 0.0160. The fourth-order valence-electron chi connectivity index (χ4n) is 2.59. The first kappa shape index (κ1) is 18.4. The number of amides is 1. The largest absolute Gasteiger partial charge is 0.478 e. The second-order valence-electron chi connectivity index (χ2n) is 5.81. The molecule has 0 radical (unpaired) electrons. The lowest BCUT2D eigenvalue weighted by Gasteiger charge is -2.10. The second kappa shape index (κ2) is 8.34. The Morgan fingerprint density at radius 1 is 0.889 bits per heavy atom. The molecule has 0 saturated heterocycles. The quantitative estimate of drug-likeness (QED) is 0.588. The van der Waals surface area contributed by atoms with Crippen molar-refractivity contribution in [1.29, 1.82) is 0 Å². The van der Waals surface area contributed by atoms with E-state index < -0.39 is 11.9 Å². The minimum atomic E-state index is -1.12. The topological polar surface area (TPSA) is 66.4 Å². The van der Waals surface area contributed by atoms with Gasteiger partial charge in [0.05, 0.1) is 11.3 Å². The predicted octanol–water partition coefficient (Wildman–Crippen LogP) is 5.36. The van der Waals surface area contributed by atoms with Crippen molar-refractivity contribution in [3.8, 4) is 11.1 Å². The maximum absolute atomic E-state index is 12.3. The third-order valence-corrected chi connectivity index (χ3v) is 4.13. The van der Waals surface area contributed by atoms with Crippen molar-refractivity contribution in [2.45, 2.75) is 0 Å². The fourth-order valence-corrected chi connectivity index (χ4v) is 2.78. The fraction of sp³-hybridized carbons (Fsp3) is 0. The molecule has 3 aromatic rings. The van der Waals surface area contributed by atoms with E-state index in [4.69, 9.17) is 11.6 Å². The van der Waals surface area contributed by atoms with E-state index in [9.17, 15) is 14.7 Å². The molecule has 5 heteroatoms. The maximum Gasteiger partial charge on any atom is 0.337 e. The van der Waals surface area contributed by atoms with Gasteiger partial charge in [0, 0.05) is 11.1 Å². The first-order valence-electron chi connectivity index (χ1n) is 8.20. The third kappa shape index (κ3) is 4.84. The molecule has 0 aromatic heterocycles. The normalized spacial score (nSPS) is 10.7. The number of hydrogen-bond acceptors (Lipinski definition) is 2. The maximum atomic E-state index is 12.3. The number of benzene rings is 3. The summed E-state index contributed by atoms with van der Waals surface area (Å²) in [5.74, 6) is -1.53. The zero-order valence-electron chi connectivity index (χ0n) is 14.2. The summed E-state index contributed by atoms with van der Waals surface area (Å²) in [6.07, 6.45) is 3.03. The van der Waals surface area contributed by atoms with E-state index in [1.807, 2.05) is 42.5 Å². The zero-order chi connectivity index (χ0) is 19.2. The van der Waals surface area contributed by atoms with Gasteiger partial charge in [0.25, 0.3) is 0 Å². The van der Waals surface area contributed by atoms with Crippen LogP contribution in [0.4, 0.5) is 5.69 Å². The Kier molecular flexibility index (Phi) is 5.69. The van der Waals surface area contributed by atoms with Gasteiger partial charge in [0.1, 0.15) is 0 Å². The van der Waals surface area contributed by atoms with Crippen molar-refractivity contribution in [3.63, 3.8) is 0 Å². The van der Waals surface area contributed by atoms with Crippen LogP contribution in [0.25, 0.3) is 17.2 Å². The number of carbonyl (C=O) groups excluding carboxylic acids is 1. The van der Waals surface area contributed by atoms with Crippen molar-refractivity contribution < 1.29 is 14.7 Å². The van der Waals surface area contributed by atoms with E-state index in [0.717, 1.165) is 16.7 Å². The highest BCUT2D eigenvalue weighted by molar-refractivity contribution is 6.30. The third-order valence-electron chi connectivity index (χ3n) is 3.89. The SMILES string of the molecule is O=C(/C=C/c1ccccc1)Nc1cc(-c2cccc(Cl)c2)ccc1C(=O)O. The molecule has 27 heavy (non-hydrogen) atoms. The van der Waals surface area contributed by atoms with Gasteiger partial charge in [-0.25, -0.2) is 4.79 Å². The van der Waals surface area contributed by atoms with E-state index in [0.29, 0.717) is 5.02 Å². The molecule has 0 saturated carbocycles. The van der Waals surface area contributed by atoms with Crippen molar-refractivity contribution >= 4 is 35.2 Å². The Morgan fingerprint density at radius 2 is 1.63 bits per heavy atom.